The van der Waals surface area contributed by atoms with Crippen LogP contribution in [0.4, 0.5) is 0 Å². The minimum absolute atomic E-state index is 0.0154. The summed E-state index contributed by atoms with van der Waals surface area (Å²) in [6.07, 6.45) is 4.86. The first-order valence-electron chi connectivity index (χ1n) is 7.30. The van der Waals surface area contributed by atoms with E-state index in [0.29, 0.717) is 18.8 Å². The van der Waals surface area contributed by atoms with E-state index in [1.807, 2.05) is 11.0 Å². The first-order chi connectivity index (χ1) is 9.74. The van der Waals surface area contributed by atoms with Crippen LogP contribution >= 0.6 is 0 Å². The summed E-state index contributed by atoms with van der Waals surface area (Å²) in [6.45, 7) is 4.74. The monoisotopic (exact) mass is 277 g/mol. The third-order valence-electron chi connectivity index (χ3n) is 3.50. The molecular weight excluding hydrogens is 254 g/mol. The lowest BCUT2D eigenvalue weighted by Crippen LogP contribution is -2.43. The average Bonchev–Trinajstić information content (AvgIpc) is 2.52. The van der Waals surface area contributed by atoms with Gasteiger partial charge in [-0.2, -0.15) is 0 Å². The van der Waals surface area contributed by atoms with E-state index >= 15 is 0 Å². The van der Waals surface area contributed by atoms with Crippen molar-refractivity contribution in [1.29, 1.82) is 0 Å². The lowest BCUT2D eigenvalue weighted by atomic mass is 10.1. The zero-order valence-corrected chi connectivity index (χ0v) is 12.0. The number of piperidine rings is 1. The first kappa shape index (κ1) is 14.9. The Kier molecular flexibility index (Phi) is 5.49. The number of hydrogen-bond donors (Lipinski definition) is 1. The van der Waals surface area contributed by atoms with Crippen molar-refractivity contribution in [2.75, 3.05) is 19.7 Å². The number of amides is 1. The summed E-state index contributed by atoms with van der Waals surface area (Å²) in [4.78, 5) is 18.4. The maximum Gasteiger partial charge on any atom is 0.272 e. The van der Waals surface area contributed by atoms with Gasteiger partial charge in [-0.15, -0.1) is 0 Å². The van der Waals surface area contributed by atoms with E-state index in [-0.39, 0.29) is 12.0 Å². The van der Waals surface area contributed by atoms with E-state index in [1.165, 1.54) is 0 Å². The quantitative estimate of drug-likeness (QED) is 0.887. The molecule has 1 amide bonds. The molecule has 0 aliphatic carbocycles. The van der Waals surface area contributed by atoms with Gasteiger partial charge >= 0.3 is 0 Å². The van der Waals surface area contributed by atoms with Gasteiger partial charge in [0.1, 0.15) is 5.69 Å². The number of carbonyl (C=O) groups excluding carboxylic acids is 1. The van der Waals surface area contributed by atoms with E-state index in [1.54, 1.807) is 12.3 Å². The minimum Gasteiger partial charge on any atom is -0.376 e. The van der Waals surface area contributed by atoms with Crippen LogP contribution in [0.25, 0.3) is 0 Å². The molecule has 2 heterocycles. The fourth-order valence-corrected chi connectivity index (χ4v) is 2.38. The lowest BCUT2D eigenvalue weighted by molar-refractivity contribution is 0.00192. The number of likely N-dealkylation sites (tertiary alicyclic amines) is 1. The van der Waals surface area contributed by atoms with Crippen LogP contribution in [0.1, 0.15) is 42.2 Å². The predicted octanol–water partition coefficient (Wildman–Crippen LogP) is 1.57. The zero-order valence-electron chi connectivity index (χ0n) is 12.0. The number of aromatic nitrogens is 1. The number of carbonyl (C=O) groups is 1. The molecule has 2 rings (SSSR count). The van der Waals surface area contributed by atoms with Gasteiger partial charge in [0.25, 0.3) is 5.91 Å². The Bertz CT molecular complexity index is 433. The highest BCUT2D eigenvalue weighted by atomic mass is 16.5. The van der Waals surface area contributed by atoms with Crippen molar-refractivity contribution in [3.63, 3.8) is 0 Å². The van der Waals surface area contributed by atoms with Crippen molar-refractivity contribution in [3.05, 3.63) is 29.6 Å². The first-order valence-corrected chi connectivity index (χ1v) is 7.30. The summed E-state index contributed by atoms with van der Waals surface area (Å²) < 4.78 is 5.75. The molecule has 2 N–H and O–H groups in total. The molecule has 1 unspecified atom stereocenters. The summed E-state index contributed by atoms with van der Waals surface area (Å²) in [5, 5.41) is 0. The normalized spacial score (nSPS) is 19.1. The van der Waals surface area contributed by atoms with Crippen molar-refractivity contribution < 1.29 is 9.53 Å². The summed E-state index contributed by atoms with van der Waals surface area (Å²) in [7, 11) is 0. The molecule has 0 spiro atoms. The van der Waals surface area contributed by atoms with Crippen LogP contribution in [-0.4, -0.2) is 41.6 Å². The van der Waals surface area contributed by atoms with Gasteiger partial charge in [-0.25, -0.2) is 0 Å². The van der Waals surface area contributed by atoms with Gasteiger partial charge in [-0.1, -0.05) is 13.0 Å². The Hall–Kier alpha value is -1.46. The average molecular weight is 277 g/mol. The number of rotatable bonds is 5. The molecule has 1 atom stereocenters. The fourth-order valence-electron chi connectivity index (χ4n) is 2.38. The number of hydrogen-bond acceptors (Lipinski definition) is 4. The van der Waals surface area contributed by atoms with Crippen LogP contribution in [0.5, 0.6) is 0 Å². The van der Waals surface area contributed by atoms with Crippen LogP contribution in [0.3, 0.4) is 0 Å². The van der Waals surface area contributed by atoms with Crippen molar-refractivity contribution in [2.24, 2.45) is 5.73 Å². The van der Waals surface area contributed by atoms with E-state index in [9.17, 15) is 4.79 Å². The third-order valence-corrected chi connectivity index (χ3v) is 3.50. The van der Waals surface area contributed by atoms with Gasteiger partial charge in [0.2, 0.25) is 0 Å². The Balaban J connectivity index is 1.96. The van der Waals surface area contributed by atoms with Gasteiger partial charge in [-0.3, -0.25) is 9.78 Å². The Morgan fingerprint density at radius 1 is 1.55 bits per heavy atom. The van der Waals surface area contributed by atoms with Crippen molar-refractivity contribution >= 4 is 5.91 Å². The van der Waals surface area contributed by atoms with Gasteiger partial charge in [0.15, 0.2) is 0 Å². The largest absolute Gasteiger partial charge is 0.376 e. The number of ether oxygens (including phenoxy) is 1. The lowest BCUT2D eigenvalue weighted by Gasteiger charge is -2.32. The Morgan fingerprint density at radius 3 is 3.05 bits per heavy atom. The second-order valence-corrected chi connectivity index (χ2v) is 5.14. The summed E-state index contributed by atoms with van der Waals surface area (Å²) in [5.41, 5.74) is 6.95. The molecule has 20 heavy (non-hydrogen) atoms. The molecule has 1 saturated heterocycles. The summed E-state index contributed by atoms with van der Waals surface area (Å²) >= 11 is 0. The van der Waals surface area contributed by atoms with Gasteiger partial charge in [0.05, 0.1) is 6.10 Å². The second kappa shape index (κ2) is 7.36. The molecular formula is C15H23N3O2. The van der Waals surface area contributed by atoms with E-state index < -0.39 is 0 Å². The highest BCUT2D eigenvalue weighted by molar-refractivity contribution is 5.92. The molecule has 5 heteroatoms. The Morgan fingerprint density at radius 2 is 2.40 bits per heavy atom. The maximum absolute atomic E-state index is 12.4. The van der Waals surface area contributed by atoms with Crippen molar-refractivity contribution in [3.8, 4) is 0 Å². The van der Waals surface area contributed by atoms with Crippen molar-refractivity contribution in [1.82, 2.24) is 9.88 Å². The zero-order chi connectivity index (χ0) is 14.4. The van der Waals surface area contributed by atoms with Gasteiger partial charge in [0, 0.05) is 32.4 Å². The van der Waals surface area contributed by atoms with Crippen LogP contribution in [0, 0.1) is 0 Å². The smallest absolute Gasteiger partial charge is 0.272 e. The predicted molar refractivity (Wildman–Crippen MR) is 77.3 cm³/mol. The SMILES string of the molecule is CCCOC1CCCN(C(=O)c2ccc(CN)cn2)C1. The Labute approximate surface area is 120 Å². The second-order valence-electron chi connectivity index (χ2n) is 5.14. The van der Waals surface area contributed by atoms with Crippen LogP contribution in [0.15, 0.2) is 18.3 Å². The molecule has 0 saturated carbocycles. The standard InChI is InChI=1S/C15H23N3O2/c1-2-8-20-13-4-3-7-18(11-13)15(19)14-6-5-12(9-16)10-17-14/h5-6,10,13H,2-4,7-9,11,16H2,1H3. The molecule has 1 aliphatic heterocycles. The molecule has 110 valence electrons. The molecule has 0 bridgehead atoms. The minimum atomic E-state index is -0.0154. The van der Waals surface area contributed by atoms with Gasteiger partial charge in [-0.05, 0) is 30.9 Å². The maximum atomic E-state index is 12.4. The molecule has 0 aromatic carbocycles. The van der Waals surface area contributed by atoms with E-state index in [4.69, 9.17) is 10.5 Å². The van der Waals surface area contributed by atoms with E-state index in [0.717, 1.165) is 38.0 Å². The topological polar surface area (TPSA) is 68.5 Å². The third kappa shape index (κ3) is 3.77. The number of pyridine rings is 1. The summed E-state index contributed by atoms with van der Waals surface area (Å²) in [6, 6.07) is 3.61. The van der Waals surface area contributed by atoms with Crippen molar-refractivity contribution in [2.45, 2.75) is 38.8 Å². The van der Waals surface area contributed by atoms with Crippen LogP contribution in [-0.2, 0) is 11.3 Å². The fraction of sp³-hybridized carbons (Fsp3) is 0.600. The summed E-state index contributed by atoms with van der Waals surface area (Å²) in [5.74, 6) is -0.0154. The molecule has 1 aromatic rings. The molecule has 1 fully saturated rings. The highest BCUT2D eigenvalue weighted by Gasteiger charge is 2.25. The molecule has 1 aromatic heterocycles. The number of nitrogens with zero attached hydrogens (tertiary/aromatic N) is 2. The molecule has 0 radical (unpaired) electrons. The van der Waals surface area contributed by atoms with Crippen LogP contribution in [0.2, 0.25) is 0 Å². The van der Waals surface area contributed by atoms with E-state index in [2.05, 4.69) is 11.9 Å². The van der Waals surface area contributed by atoms with Crippen LogP contribution < -0.4 is 5.73 Å². The molecule has 5 nitrogen and oxygen atoms in total. The number of nitrogens with two attached hydrogens (primary N) is 1. The highest BCUT2D eigenvalue weighted by Crippen LogP contribution is 2.16. The van der Waals surface area contributed by atoms with Gasteiger partial charge < -0.3 is 15.4 Å². The molecule has 1 aliphatic rings.